The van der Waals surface area contributed by atoms with Crippen molar-refractivity contribution in [2.45, 2.75) is 13.8 Å². The van der Waals surface area contributed by atoms with Gasteiger partial charge < -0.3 is 9.64 Å². The van der Waals surface area contributed by atoms with Crippen LogP contribution in [0.1, 0.15) is 11.1 Å². The molecule has 0 bridgehead atoms. The van der Waals surface area contributed by atoms with Gasteiger partial charge in [0.15, 0.2) is 0 Å². The highest BCUT2D eigenvalue weighted by molar-refractivity contribution is 6.18. The van der Waals surface area contributed by atoms with Gasteiger partial charge in [0.05, 0.1) is 0 Å². The van der Waals surface area contributed by atoms with E-state index >= 15 is 0 Å². The maximum atomic E-state index is 12.0. The third kappa shape index (κ3) is 4.35. The number of rotatable bonds is 6. The van der Waals surface area contributed by atoms with Gasteiger partial charge in [-0.05, 0) is 42.3 Å². The number of halogens is 2. The normalized spacial score (nSPS) is 10.2. The highest BCUT2D eigenvalue weighted by Crippen LogP contribution is 2.28. The molecule has 0 unspecified atom stereocenters. The summed E-state index contributed by atoms with van der Waals surface area (Å²) in [6.45, 7) is 4.19. The van der Waals surface area contributed by atoms with Crippen LogP contribution >= 0.6 is 23.2 Å². The smallest absolute Gasteiger partial charge is 0.410 e. The van der Waals surface area contributed by atoms with Gasteiger partial charge in [-0.25, -0.2) is 4.79 Å². The third-order valence-corrected chi connectivity index (χ3v) is 3.07. The Kier molecular flexibility index (Phi) is 6.75. The number of ether oxygens (including phenoxy) is 1. The first-order chi connectivity index (χ1) is 9.53. The van der Waals surface area contributed by atoms with Crippen molar-refractivity contribution >= 4 is 35.0 Å². The van der Waals surface area contributed by atoms with Crippen LogP contribution in [0.15, 0.2) is 17.3 Å². The molecule has 0 saturated carbocycles. The summed E-state index contributed by atoms with van der Waals surface area (Å²) in [7, 11) is 0. The van der Waals surface area contributed by atoms with Crippen LogP contribution in [0.25, 0.3) is 0 Å². The first-order valence-corrected chi connectivity index (χ1v) is 7.13. The van der Waals surface area contributed by atoms with Gasteiger partial charge in [-0.3, -0.25) is 0 Å². The molecule has 0 radical (unpaired) electrons. The molecule has 5 nitrogen and oxygen atoms in total. The quantitative estimate of drug-likeness (QED) is 0.588. The predicted octanol–water partition coefficient (Wildman–Crippen LogP) is 3.98. The van der Waals surface area contributed by atoms with Crippen LogP contribution in [0, 0.1) is 18.8 Å². The fraction of sp³-hybridized carbons (Fsp3) is 0.462. The molecular formula is C13H16Cl2N2O3. The third-order valence-electron chi connectivity index (χ3n) is 2.73. The Morgan fingerprint density at radius 2 is 1.70 bits per heavy atom. The number of alkyl halides is 2. The number of hydrogen-bond donors (Lipinski definition) is 0. The van der Waals surface area contributed by atoms with Crippen LogP contribution in [0.4, 0.5) is 10.5 Å². The van der Waals surface area contributed by atoms with Crippen molar-refractivity contribution in [3.8, 4) is 5.75 Å². The van der Waals surface area contributed by atoms with E-state index in [1.165, 1.54) is 4.90 Å². The van der Waals surface area contributed by atoms with E-state index in [2.05, 4.69) is 5.18 Å². The minimum absolute atomic E-state index is 0.304. The molecule has 0 aromatic heterocycles. The van der Waals surface area contributed by atoms with Gasteiger partial charge in [0.1, 0.15) is 11.4 Å². The van der Waals surface area contributed by atoms with Crippen molar-refractivity contribution in [3.05, 3.63) is 28.2 Å². The molecular weight excluding hydrogens is 303 g/mol. The number of nitrogens with zero attached hydrogens (tertiary/aromatic N) is 2. The summed E-state index contributed by atoms with van der Waals surface area (Å²) in [6.07, 6.45) is -0.517. The number of amides is 1. The number of nitroso groups, excluding NO2 is 1. The zero-order valence-electron chi connectivity index (χ0n) is 11.4. The first kappa shape index (κ1) is 16.7. The van der Waals surface area contributed by atoms with E-state index in [9.17, 15) is 9.70 Å². The van der Waals surface area contributed by atoms with Gasteiger partial charge in [-0.1, -0.05) is 0 Å². The van der Waals surface area contributed by atoms with Crippen molar-refractivity contribution < 1.29 is 9.53 Å². The predicted molar refractivity (Wildman–Crippen MR) is 80.4 cm³/mol. The number of benzene rings is 1. The van der Waals surface area contributed by atoms with E-state index in [0.29, 0.717) is 47.4 Å². The summed E-state index contributed by atoms with van der Waals surface area (Å²) in [5.74, 6) is 0.974. The second-order valence-corrected chi connectivity index (χ2v) is 4.99. The molecule has 20 heavy (non-hydrogen) atoms. The van der Waals surface area contributed by atoms with Crippen LogP contribution in [0.3, 0.4) is 0 Å². The second kappa shape index (κ2) is 8.07. The van der Waals surface area contributed by atoms with Gasteiger partial charge in [0.25, 0.3) is 0 Å². The fourth-order valence-corrected chi connectivity index (χ4v) is 2.19. The summed E-state index contributed by atoms with van der Waals surface area (Å²) >= 11 is 11.3. The average molecular weight is 319 g/mol. The van der Waals surface area contributed by atoms with Crippen LogP contribution in [-0.2, 0) is 0 Å². The Morgan fingerprint density at radius 1 is 1.20 bits per heavy atom. The van der Waals surface area contributed by atoms with Gasteiger partial charge in [0.2, 0.25) is 0 Å². The van der Waals surface area contributed by atoms with E-state index in [-0.39, 0.29) is 0 Å². The van der Waals surface area contributed by atoms with Crippen LogP contribution < -0.4 is 4.74 Å². The van der Waals surface area contributed by atoms with Crippen LogP contribution in [0.2, 0.25) is 0 Å². The van der Waals surface area contributed by atoms with Crippen molar-refractivity contribution in [3.63, 3.8) is 0 Å². The number of carbonyl (C=O) groups is 1. The van der Waals surface area contributed by atoms with Gasteiger partial charge in [-0.2, -0.15) is 0 Å². The SMILES string of the molecule is Cc1cc(OC(=O)N(CCCl)CCCl)cc(C)c1N=O. The Balaban J connectivity index is 2.86. The Morgan fingerprint density at radius 3 is 2.10 bits per heavy atom. The van der Waals surface area contributed by atoms with Crippen molar-refractivity contribution in [1.82, 2.24) is 4.90 Å². The largest absolute Gasteiger partial charge is 0.415 e. The van der Waals surface area contributed by atoms with Crippen molar-refractivity contribution in [2.75, 3.05) is 24.8 Å². The lowest BCUT2D eigenvalue weighted by molar-refractivity contribution is 0.158. The molecule has 0 atom stereocenters. The van der Waals surface area contributed by atoms with E-state index in [1.807, 2.05) is 0 Å². The second-order valence-electron chi connectivity index (χ2n) is 4.23. The lowest BCUT2D eigenvalue weighted by atomic mass is 10.1. The van der Waals surface area contributed by atoms with Crippen molar-refractivity contribution in [2.24, 2.45) is 5.18 Å². The number of carbonyl (C=O) groups excluding carboxylic acids is 1. The summed E-state index contributed by atoms with van der Waals surface area (Å²) in [6, 6.07) is 3.20. The molecule has 1 rings (SSSR count). The lowest BCUT2D eigenvalue weighted by Gasteiger charge is -2.20. The van der Waals surface area contributed by atoms with Crippen molar-refractivity contribution in [1.29, 1.82) is 0 Å². The monoisotopic (exact) mass is 318 g/mol. The first-order valence-electron chi connectivity index (χ1n) is 6.06. The Hall–Kier alpha value is -1.33. The van der Waals surface area contributed by atoms with E-state index in [4.69, 9.17) is 27.9 Å². The topological polar surface area (TPSA) is 59.0 Å². The van der Waals surface area contributed by atoms with Crippen LogP contribution in [-0.4, -0.2) is 35.8 Å². The average Bonchev–Trinajstić information content (AvgIpc) is 2.38. The molecule has 1 amide bonds. The maximum absolute atomic E-state index is 12.0. The maximum Gasteiger partial charge on any atom is 0.415 e. The summed E-state index contributed by atoms with van der Waals surface area (Å²) in [5, 5.41) is 2.95. The molecule has 0 heterocycles. The number of aryl methyl sites for hydroxylation is 2. The van der Waals surface area contributed by atoms with Gasteiger partial charge in [0, 0.05) is 24.8 Å². The lowest BCUT2D eigenvalue weighted by Crippen LogP contribution is -2.36. The van der Waals surface area contributed by atoms with Crippen LogP contribution in [0.5, 0.6) is 5.75 Å². The molecule has 0 saturated heterocycles. The molecule has 7 heteroatoms. The molecule has 0 fully saturated rings. The van der Waals surface area contributed by atoms with E-state index < -0.39 is 6.09 Å². The summed E-state index contributed by atoms with van der Waals surface area (Å²) in [4.78, 5) is 24.1. The molecule has 0 aliphatic carbocycles. The minimum Gasteiger partial charge on any atom is -0.410 e. The zero-order valence-corrected chi connectivity index (χ0v) is 12.9. The number of hydrogen-bond acceptors (Lipinski definition) is 4. The standard InChI is InChI=1S/C13H16Cl2N2O3/c1-9-7-11(8-10(2)12(9)16-19)20-13(18)17(5-3-14)6-4-15/h7-8H,3-6H2,1-2H3. The molecule has 0 aliphatic heterocycles. The van der Waals surface area contributed by atoms with Gasteiger partial charge >= 0.3 is 6.09 Å². The molecule has 0 spiro atoms. The highest BCUT2D eigenvalue weighted by atomic mass is 35.5. The Bertz CT molecular complexity index is 465. The molecule has 1 aromatic rings. The molecule has 0 aliphatic rings. The Labute approximate surface area is 127 Å². The highest BCUT2D eigenvalue weighted by Gasteiger charge is 2.16. The molecule has 110 valence electrons. The summed E-state index contributed by atoms with van der Waals surface area (Å²) in [5.41, 5.74) is 1.68. The van der Waals surface area contributed by atoms with E-state index in [0.717, 1.165) is 0 Å². The minimum atomic E-state index is -0.517. The van der Waals surface area contributed by atoms with E-state index in [1.54, 1.807) is 26.0 Å². The van der Waals surface area contributed by atoms with Gasteiger partial charge in [-0.15, -0.1) is 28.1 Å². The molecule has 1 aromatic carbocycles. The zero-order chi connectivity index (χ0) is 15.1. The molecule has 0 N–H and O–H groups in total. The fourth-order valence-electron chi connectivity index (χ4n) is 1.78. The summed E-state index contributed by atoms with van der Waals surface area (Å²) < 4.78 is 5.27.